The van der Waals surface area contributed by atoms with Crippen LogP contribution in [0.3, 0.4) is 0 Å². The fourth-order valence-corrected chi connectivity index (χ4v) is 2.85. The van der Waals surface area contributed by atoms with E-state index in [1.807, 2.05) is 6.08 Å². The Labute approximate surface area is 144 Å². The Hall–Kier alpha value is -0.920. The molecule has 0 aliphatic carbocycles. The van der Waals surface area contributed by atoms with Crippen molar-refractivity contribution >= 4 is 12.1 Å². The molecule has 134 valence electrons. The normalized spacial score (nSPS) is 13.5. The monoisotopic (exact) mass is 322 g/mol. The van der Waals surface area contributed by atoms with Crippen LogP contribution in [0.5, 0.6) is 0 Å². The van der Waals surface area contributed by atoms with Gasteiger partial charge in [-0.3, -0.25) is 4.79 Å². The number of rotatable bonds is 17. The van der Waals surface area contributed by atoms with Crippen molar-refractivity contribution in [1.29, 1.82) is 0 Å². The molecule has 2 heteroatoms. The van der Waals surface area contributed by atoms with E-state index >= 15 is 0 Å². The summed E-state index contributed by atoms with van der Waals surface area (Å²) < 4.78 is 0. The lowest BCUT2D eigenvalue weighted by atomic mass is 9.94. The van der Waals surface area contributed by atoms with E-state index in [2.05, 4.69) is 20.4 Å². The van der Waals surface area contributed by atoms with Crippen LogP contribution in [0.25, 0.3) is 0 Å². The van der Waals surface area contributed by atoms with Crippen molar-refractivity contribution in [2.45, 2.75) is 97.3 Å². The summed E-state index contributed by atoms with van der Waals surface area (Å²) in [5.74, 6) is 1.28. The van der Waals surface area contributed by atoms with Gasteiger partial charge in [-0.2, -0.15) is 0 Å². The molecule has 0 aliphatic heterocycles. The summed E-state index contributed by atoms with van der Waals surface area (Å²) in [4.78, 5) is 22.2. The number of Topliss-reactive ketones (excluding diaryl/α,β-unsaturated/α-hetero) is 1. The number of unbranched alkanes of at least 4 members (excludes halogenated alkanes) is 8. The third-order valence-electron chi connectivity index (χ3n) is 4.74. The first kappa shape index (κ1) is 22.1. The van der Waals surface area contributed by atoms with E-state index in [0.717, 1.165) is 32.0 Å². The maximum atomic E-state index is 12.0. The number of hydrogen-bond donors (Lipinski definition) is 0. The number of carbonyl (C=O) groups is 2. The van der Waals surface area contributed by atoms with Crippen LogP contribution in [-0.4, -0.2) is 12.1 Å². The van der Waals surface area contributed by atoms with Gasteiger partial charge in [-0.05, 0) is 31.6 Å². The van der Waals surface area contributed by atoms with Gasteiger partial charge in [0.15, 0.2) is 0 Å². The average molecular weight is 323 g/mol. The molecule has 0 aromatic carbocycles. The molecule has 0 aromatic heterocycles. The van der Waals surface area contributed by atoms with Gasteiger partial charge in [-0.15, -0.1) is 6.58 Å². The van der Waals surface area contributed by atoms with Crippen LogP contribution >= 0.6 is 0 Å². The summed E-state index contributed by atoms with van der Waals surface area (Å²) >= 11 is 0. The van der Waals surface area contributed by atoms with Gasteiger partial charge in [0.1, 0.15) is 12.1 Å². The molecule has 0 amide bonds. The number of allylic oxidation sites excluding steroid dienone is 1. The second-order valence-corrected chi connectivity index (χ2v) is 7.05. The minimum absolute atomic E-state index is 0.217. The van der Waals surface area contributed by atoms with E-state index in [4.69, 9.17) is 0 Å². The maximum Gasteiger partial charge on any atom is 0.135 e. The standard InChI is InChI=1S/C21H38O2/c1-4-19(2)15-11-7-5-6-8-12-16-20(3)21(23)17-13-9-10-14-18-22/h4,18-20H,1,5-17H2,2-3H3. The van der Waals surface area contributed by atoms with Gasteiger partial charge < -0.3 is 4.79 Å². The van der Waals surface area contributed by atoms with Crippen molar-refractivity contribution in [2.24, 2.45) is 11.8 Å². The zero-order valence-corrected chi connectivity index (χ0v) is 15.5. The summed E-state index contributed by atoms with van der Waals surface area (Å²) in [5, 5.41) is 0. The molecule has 2 atom stereocenters. The van der Waals surface area contributed by atoms with Crippen LogP contribution in [-0.2, 0) is 9.59 Å². The predicted molar refractivity (Wildman–Crippen MR) is 99.6 cm³/mol. The van der Waals surface area contributed by atoms with Gasteiger partial charge in [0.25, 0.3) is 0 Å². The first-order chi connectivity index (χ1) is 11.1. The molecule has 0 rings (SSSR count). The van der Waals surface area contributed by atoms with Crippen molar-refractivity contribution in [1.82, 2.24) is 0 Å². The molecule has 0 N–H and O–H groups in total. The Morgan fingerprint density at radius 2 is 1.43 bits per heavy atom. The highest BCUT2D eigenvalue weighted by Gasteiger charge is 2.11. The average Bonchev–Trinajstić information content (AvgIpc) is 2.56. The molecule has 0 spiro atoms. The molecule has 0 saturated heterocycles. The fourth-order valence-electron chi connectivity index (χ4n) is 2.85. The molecule has 0 saturated carbocycles. The van der Waals surface area contributed by atoms with Crippen molar-refractivity contribution in [3.8, 4) is 0 Å². The molecule has 2 nitrogen and oxygen atoms in total. The molecule has 2 unspecified atom stereocenters. The predicted octanol–water partition coefficient (Wildman–Crippen LogP) is 6.28. The summed E-state index contributed by atoms with van der Waals surface area (Å²) in [6.45, 7) is 8.12. The van der Waals surface area contributed by atoms with E-state index in [-0.39, 0.29) is 5.92 Å². The first-order valence-electron chi connectivity index (χ1n) is 9.70. The molecule has 0 heterocycles. The minimum atomic E-state index is 0.217. The molecule has 0 aromatic rings. The summed E-state index contributed by atoms with van der Waals surface area (Å²) in [6.07, 6.45) is 17.2. The number of aldehydes is 1. The van der Waals surface area contributed by atoms with Crippen LogP contribution in [0.4, 0.5) is 0 Å². The van der Waals surface area contributed by atoms with Crippen LogP contribution in [0.15, 0.2) is 12.7 Å². The van der Waals surface area contributed by atoms with Gasteiger partial charge in [0.05, 0.1) is 0 Å². The second-order valence-electron chi connectivity index (χ2n) is 7.05. The number of hydrogen-bond acceptors (Lipinski definition) is 2. The lowest BCUT2D eigenvalue weighted by molar-refractivity contribution is -0.122. The van der Waals surface area contributed by atoms with Crippen molar-refractivity contribution in [2.75, 3.05) is 0 Å². The third kappa shape index (κ3) is 14.4. The quantitative estimate of drug-likeness (QED) is 0.179. The van der Waals surface area contributed by atoms with Gasteiger partial charge in [0.2, 0.25) is 0 Å². The fraction of sp³-hybridized carbons (Fsp3) is 0.810. The van der Waals surface area contributed by atoms with E-state index in [1.165, 1.54) is 44.9 Å². The molecule has 0 fully saturated rings. The molecule has 0 radical (unpaired) electrons. The smallest absolute Gasteiger partial charge is 0.135 e. The Morgan fingerprint density at radius 3 is 2.04 bits per heavy atom. The molecular weight excluding hydrogens is 284 g/mol. The first-order valence-corrected chi connectivity index (χ1v) is 9.70. The van der Waals surface area contributed by atoms with E-state index in [0.29, 0.717) is 24.5 Å². The zero-order chi connectivity index (χ0) is 17.3. The molecule has 0 aliphatic rings. The van der Waals surface area contributed by atoms with Crippen LogP contribution in [0.2, 0.25) is 0 Å². The van der Waals surface area contributed by atoms with Gasteiger partial charge >= 0.3 is 0 Å². The molecule has 0 bridgehead atoms. The highest BCUT2D eigenvalue weighted by Crippen LogP contribution is 2.17. The van der Waals surface area contributed by atoms with E-state index in [1.54, 1.807) is 0 Å². The Balaban J connectivity index is 3.41. The number of ketones is 1. The summed E-state index contributed by atoms with van der Waals surface area (Å²) in [6, 6.07) is 0. The van der Waals surface area contributed by atoms with Crippen LogP contribution in [0, 0.1) is 11.8 Å². The van der Waals surface area contributed by atoms with Crippen molar-refractivity contribution < 1.29 is 9.59 Å². The lowest BCUT2D eigenvalue weighted by Gasteiger charge is -2.10. The molecule has 23 heavy (non-hydrogen) atoms. The SMILES string of the molecule is C=CC(C)CCCCCCCCC(C)C(=O)CCCCCC=O. The molecular formula is C21H38O2. The maximum absolute atomic E-state index is 12.0. The zero-order valence-electron chi connectivity index (χ0n) is 15.5. The lowest BCUT2D eigenvalue weighted by Crippen LogP contribution is -2.10. The van der Waals surface area contributed by atoms with E-state index < -0.39 is 0 Å². The van der Waals surface area contributed by atoms with Crippen LogP contribution in [0.1, 0.15) is 97.3 Å². The topological polar surface area (TPSA) is 34.1 Å². The van der Waals surface area contributed by atoms with E-state index in [9.17, 15) is 9.59 Å². The third-order valence-corrected chi connectivity index (χ3v) is 4.74. The highest BCUT2D eigenvalue weighted by molar-refractivity contribution is 5.80. The largest absolute Gasteiger partial charge is 0.303 e. The Kier molecular flexibility index (Phi) is 15.3. The van der Waals surface area contributed by atoms with Gasteiger partial charge in [-0.1, -0.05) is 64.9 Å². The summed E-state index contributed by atoms with van der Waals surface area (Å²) in [7, 11) is 0. The highest BCUT2D eigenvalue weighted by atomic mass is 16.1. The number of carbonyl (C=O) groups excluding carboxylic acids is 2. The minimum Gasteiger partial charge on any atom is -0.303 e. The second kappa shape index (κ2) is 16.0. The van der Waals surface area contributed by atoms with Gasteiger partial charge in [0, 0.05) is 18.8 Å². The summed E-state index contributed by atoms with van der Waals surface area (Å²) in [5.41, 5.74) is 0. The Morgan fingerprint density at radius 1 is 0.870 bits per heavy atom. The van der Waals surface area contributed by atoms with Crippen LogP contribution < -0.4 is 0 Å². The van der Waals surface area contributed by atoms with Gasteiger partial charge in [-0.25, -0.2) is 0 Å². The van der Waals surface area contributed by atoms with Crippen molar-refractivity contribution in [3.63, 3.8) is 0 Å². The Bertz CT molecular complexity index is 309. The van der Waals surface area contributed by atoms with Crippen molar-refractivity contribution in [3.05, 3.63) is 12.7 Å².